The number of rotatable bonds is 7. The van der Waals surface area contributed by atoms with E-state index in [1.165, 1.54) is 30.6 Å². The first-order chi connectivity index (χ1) is 14.4. The minimum absolute atomic E-state index is 0.180. The Morgan fingerprint density at radius 3 is 2.57 bits per heavy atom. The molecular weight excluding hydrogens is 405 g/mol. The van der Waals surface area contributed by atoms with E-state index in [0.717, 1.165) is 16.1 Å². The van der Waals surface area contributed by atoms with Gasteiger partial charge in [-0.3, -0.25) is 9.59 Å². The molecule has 3 aromatic rings. The van der Waals surface area contributed by atoms with Gasteiger partial charge in [0.1, 0.15) is 16.4 Å². The molecular formula is C22H22FN3O3S. The van der Waals surface area contributed by atoms with Gasteiger partial charge in [0.2, 0.25) is 5.91 Å². The molecule has 8 heteroatoms. The van der Waals surface area contributed by atoms with Gasteiger partial charge in [0.05, 0.1) is 30.0 Å². The van der Waals surface area contributed by atoms with Crippen LogP contribution in [-0.4, -0.2) is 30.5 Å². The van der Waals surface area contributed by atoms with E-state index in [2.05, 4.69) is 15.6 Å². The van der Waals surface area contributed by atoms with Crippen LogP contribution in [0.25, 0.3) is 0 Å². The Morgan fingerprint density at radius 2 is 1.87 bits per heavy atom. The topological polar surface area (TPSA) is 80.3 Å². The van der Waals surface area contributed by atoms with E-state index in [4.69, 9.17) is 4.74 Å². The highest BCUT2D eigenvalue weighted by Crippen LogP contribution is 2.25. The van der Waals surface area contributed by atoms with Crippen molar-refractivity contribution in [1.29, 1.82) is 0 Å². The fourth-order valence-electron chi connectivity index (χ4n) is 2.87. The molecule has 2 N–H and O–H groups in total. The van der Waals surface area contributed by atoms with Crippen molar-refractivity contribution in [2.45, 2.75) is 20.3 Å². The van der Waals surface area contributed by atoms with Crippen molar-refractivity contribution in [3.63, 3.8) is 0 Å². The highest BCUT2D eigenvalue weighted by Gasteiger charge is 2.17. The molecule has 30 heavy (non-hydrogen) atoms. The Labute approximate surface area is 178 Å². The lowest BCUT2D eigenvalue weighted by Gasteiger charge is -2.11. The van der Waals surface area contributed by atoms with E-state index in [9.17, 15) is 14.0 Å². The highest BCUT2D eigenvalue weighted by molar-refractivity contribution is 7.13. The minimum atomic E-state index is -0.360. The van der Waals surface area contributed by atoms with Crippen LogP contribution in [0.5, 0.6) is 5.75 Å². The summed E-state index contributed by atoms with van der Waals surface area (Å²) in [5.41, 5.74) is 3.02. The van der Waals surface area contributed by atoms with Crippen LogP contribution in [0.3, 0.4) is 0 Å². The van der Waals surface area contributed by atoms with Gasteiger partial charge in [0, 0.05) is 6.42 Å². The molecule has 1 aromatic heterocycles. The second kappa shape index (κ2) is 9.49. The van der Waals surface area contributed by atoms with Gasteiger partial charge in [-0.05, 0) is 49.2 Å². The van der Waals surface area contributed by atoms with Gasteiger partial charge in [0.15, 0.2) is 0 Å². The summed E-state index contributed by atoms with van der Waals surface area (Å²) >= 11 is 1.26. The number of benzene rings is 2. The SMILES string of the molecule is COc1ccc(C)cc1NC(=O)CNC(=O)c1sc(Cc2ccc(F)cc2)nc1C. The van der Waals surface area contributed by atoms with Crippen LogP contribution >= 0.6 is 11.3 Å². The Hall–Kier alpha value is -3.26. The number of methoxy groups -OCH3 is 1. The van der Waals surface area contributed by atoms with Gasteiger partial charge in [-0.25, -0.2) is 9.37 Å². The van der Waals surface area contributed by atoms with Crippen molar-refractivity contribution in [3.05, 3.63) is 75.0 Å². The van der Waals surface area contributed by atoms with Gasteiger partial charge in [-0.1, -0.05) is 18.2 Å². The zero-order valence-corrected chi connectivity index (χ0v) is 17.7. The van der Waals surface area contributed by atoms with Gasteiger partial charge in [-0.15, -0.1) is 11.3 Å². The number of thiazole rings is 1. The van der Waals surface area contributed by atoms with Crippen LogP contribution < -0.4 is 15.4 Å². The second-order valence-electron chi connectivity index (χ2n) is 6.76. The molecule has 2 amide bonds. The number of nitrogens with one attached hydrogen (secondary N) is 2. The zero-order chi connectivity index (χ0) is 21.7. The lowest BCUT2D eigenvalue weighted by Crippen LogP contribution is -2.32. The van der Waals surface area contributed by atoms with Crippen molar-refractivity contribution >= 4 is 28.8 Å². The largest absolute Gasteiger partial charge is 0.495 e. The Morgan fingerprint density at radius 1 is 1.13 bits per heavy atom. The molecule has 0 aliphatic heterocycles. The second-order valence-corrected chi connectivity index (χ2v) is 7.84. The lowest BCUT2D eigenvalue weighted by molar-refractivity contribution is -0.115. The molecule has 0 aliphatic carbocycles. The number of halogens is 1. The van der Waals surface area contributed by atoms with E-state index < -0.39 is 0 Å². The number of aryl methyl sites for hydroxylation is 2. The van der Waals surface area contributed by atoms with Gasteiger partial charge >= 0.3 is 0 Å². The van der Waals surface area contributed by atoms with Crippen molar-refractivity contribution in [2.75, 3.05) is 19.0 Å². The first-order valence-electron chi connectivity index (χ1n) is 9.29. The molecule has 0 fully saturated rings. The van der Waals surface area contributed by atoms with Crippen LogP contribution in [0.1, 0.15) is 31.5 Å². The van der Waals surface area contributed by atoms with Crippen molar-refractivity contribution in [1.82, 2.24) is 10.3 Å². The van der Waals surface area contributed by atoms with E-state index in [1.54, 1.807) is 31.2 Å². The predicted octanol–water partition coefficient (Wildman–Crippen LogP) is 3.87. The molecule has 6 nitrogen and oxygen atoms in total. The van der Waals surface area contributed by atoms with Crippen molar-refractivity contribution in [2.24, 2.45) is 0 Å². The van der Waals surface area contributed by atoms with E-state index in [0.29, 0.717) is 28.4 Å². The monoisotopic (exact) mass is 427 g/mol. The molecule has 156 valence electrons. The van der Waals surface area contributed by atoms with Crippen LogP contribution in [0.4, 0.5) is 10.1 Å². The van der Waals surface area contributed by atoms with Crippen LogP contribution in [0, 0.1) is 19.7 Å². The third kappa shape index (κ3) is 5.42. The third-order valence-corrected chi connectivity index (χ3v) is 5.51. The number of anilines is 1. The number of hydrogen-bond acceptors (Lipinski definition) is 5. The summed E-state index contributed by atoms with van der Waals surface area (Å²) in [4.78, 5) is 29.7. The summed E-state index contributed by atoms with van der Waals surface area (Å²) in [5.74, 6) is -0.470. The van der Waals surface area contributed by atoms with E-state index in [-0.39, 0.29) is 24.2 Å². The van der Waals surface area contributed by atoms with Crippen molar-refractivity contribution < 1.29 is 18.7 Å². The molecule has 1 heterocycles. The van der Waals surface area contributed by atoms with Gasteiger partial charge in [-0.2, -0.15) is 0 Å². The van der Waals surface area contributed by atoms with Crippen LogP contribution in [0.15, 0.2) is 42.5 Å². The summed E-state index contributed by atoms with van der Waals surface area (Å²) < 4.78 is 18.3. The quantitative estimate of drug-likeness (QED) is 0.600. The maximum atomic E-state index is 13.0. The standard InChI is InChI=1S/C22H22FN3O3S/c1-13-4-9-18(29-3)17(10-13)26-19(27)12-24-22(28)21-14(2)25-20(30-21)11-15-5-7-16(23)8-6-15/h4-10H,11-12H2,1-3H3,(H,24,28)(H,26,27). The van der Waals surface area contributed by atoms with E-state index in [1.807, 2.05) is 13.0 Å². The number of nitrogens with zero attached hydrogens (tertiary/aromatic N) is 1. The summed E-state index contributed by atoms with van der Waals surface area (Å²) in [6.45, 7) is 3.48. The van der Waals surface area contributed by atoms with Crippen LogP contribution in [0.2, 0.25) is 0 Å². The highest BCUT2D eigenvalue weighted by atomic mass is 32.1. The minimum Gasteiger partial charge on any atom is -0.495 e. The number of amides is 2. The molecule has 0 saturated heterocycles. The molecule has 0 radical (unpaired) electrons. The first-order valence-corrected chi connectivity index (χ1v) is 10.1. The average molecular weight is 428 g/mol. The number of carbonyl (C=O) groups excluding carboxylic acids is 2. The molecule has 0 saturated carbocycles. The maximum absolute atomic E-state index is 13.0. The normalized spacial score (nSPS) is 10.5. The zero-order valence-electron chi connectivity index (χ0n) is 16.9. The Balaban J connectivity index is 1.59. The third-order valence-electron chi connectivity index (χ3n) is 4.35. The first kappa shape index (κ1) is 21.4. The maximum Gasteiger partial charge on any atom is 0.263 e. The lowest BCUT2D eigenvalue weighted by atomic mass is 10.1. The number of hydrogen-bond donors (Lipinski definition) is 2. The average Bonchev–Trinajstić information content (AvgIpc) is 3.08. The molecule has 0 spiro atoms. The molecule has 0 unspecified atom stereocenters. The number of aromatic nitrogens is 1. The van der Waals surface area contributed by atoms with Crippen molar-refractivity contribution in [3.8, 4) is 5.75 Å². The number of ether oxygens (including phenoxy) is 1. The van der Waals surface area contributed by atoms with Crippen LogP contribution in [-0.2, 0) is 11.2 Å². The Kier molecular flexibility index (Phi) is 6.79. The van der Waals surface area contributed by atoms with E-state index >= 15 is 0 Å². The fraction of sp³-hybridized carbons (Fsp3) is 0.227. The summed E-state index contributed by atoms with van der Waals surface area (Å²) in [6.07, 6.45) is 0.507. The summed E-state index contributed by atoms with van der Waals surface area (Å²) in [5, 5.41) is 6.12. The summed E-state index contributed by atoms with van der Waals surface area (Å²) in [6, 6.07) is 11.6. The molecule has 2 aromatic carbocycles. The summed E-state index contributed by atoms with van der Waals surface area (Å²) in [7, 11) is 1.53. The van der Waals surface area contributed by atoms with Gasteiger partial charge in [0.25, 0.3) is 5.91 Å². The smallest absolute Gasteiger partial charge is 0.263 e. The Bertz CT molecular complexity index is 1060. The molecule has 0 bridgehead atoms. The molecule has 3 rings (SSSR count). The predicted molar refractivity (Wildman–Crippen MR) is 115 cm³/mol. The molecule has 0 aliphatic rings. The fourth-order valence-corrected chi connectivity index (χ4v) is 3.89. The molecule has 0 atom stereocenters. The van der Waals surface area contributed by atoms with Gasteiger partial charge < -0.3 is 15.4 Å². The number of carbonyl (C=O) groups is 2.